The fourth-order valence-electron chi connectivity index (χ4n) is 3.42. The van der Waals surface area contributed by atoms with Gasteiger partial charge in [0, 0.05) is 0 Å². The van der Waals surface area contributed by atoms with Crippen molar-refractivity contribution in [1.29, 1.82) is 0 Å². The Hall–Kier alpha value is -3.48. The van der Waals surface area contributed by atoms with Crippen molar-refractivity contribution >= 4 is 16.9 Å². The smallest absolute Gasteiger partial charge is 0.348 e. The van der Waals surface area contributed by atoms with Crippen LogP contribution in [0.15, 0.2) is 51.7 Å². The molecular formula is C20H16O7. The highest BCUT2D eigenvalue weighted by molar-refractivity contribution is 5.88. The minimum Gasteiger partial charge on any atom is -0.504 e. The van der Waals surface area contributed by atoms with Crippen LogP contribution in [0.5, 0.6) is 17.2 Å². The van der Waals surface area contributed by atoms with Gasteiger partial charge in [-0.1, -0.05) is 18.2 Å². The van der Waals surface area contributed by atoms with E-state index in [1.165, 1.54) is 20.3 Å². The Morgan fingerprint density at radius 1 is 1.15 bits per heavy atom. The third kappa shape index (κ3) is 2.59. The van der Waals surface area contributed by atoms with Gasteiger partial charge in [0.15, 0.2) is 11.5 Å². The van der Waals surface area contributed by atoms with E-state index in [0.717, 1.165) is 0 Å². The van der Waals surface area contributed by atoms with E-state index in [4.69, 9.17) is 18.6 Å². The monoisotopic (exact) mass is 368 g/mol. The molecule has 0 bridgehead atoms. The Kier molecular flexibility index (Phi) is 3.99. The number of hydrogen-bond donors (Lipinski definition) is 1. The van der Waals surface area contributed by atoms with Crippen molar-refractivity contribution in [1.82, 2.24) is 0 Å². The second kappa shape index (κ2) is 6.35. The van der Waals surface area contributed by atoms with Crippen LogP contribution < -0.4 is 15.1 Å². The van der Waals surface area contributed by atoms with Crippen molar-refractivity contribution in [3.8, 4) is 17.2 Å². The fraction of sp³-hybridized carbons (Fsp3) is 0.200. The van der Waals surface area contributed by atoms with Gasteiger partial charge in [-0.2, -0.15) is 0 Å². The van der Waals surface area contributed by atoms with Crippen LogP contribution >= 0.6 is 0 Å². The minimum absolute atomic E-state index is 0.114. The van der Waals surface area contributed by atoms with E-state index in [9.17, 15) is 14.7 Å². The summed E-state index contributed by atoms with van der Waals surface area (Å²) in [5.41, 5.74) is 0.484. The Bertz CT molecular complexity index is 1100. The molecule has 0 spiro atoms. The maximum absolute atomic E-state index is 12.7. The molecule has 7 nitrogen and oxygen atoms in total. The largest absolute Gasteiger partial charge is 0.504 e. The van der Waals surface area contributed by atoms with Crippen molar-refractivity contribution in [2.75, 3.05) is 14.2 Å². The summed E-state index contributed by atoms with van der Waals surface area (Å²) in [4.78, 5) is 25.0. The Morgan fingerprint density at radius 2 is 1.93 bits per heavy atom. The lowest BCUT2D eigenvalue weighted by Crippen LogP contribution is -2.31. The summed E-state index contributed by atoms with van der Waals surface area (Å²) in [6.45, 7) is 0. The van der Waals surface area contributed by atoms with Crippen LogP contribution in [0.3, 0.4) is 0 Å². The zero-order chi connectivity index (χ0) is 19.1. The zero-order valence-electron chi connectivity index (χ0n) is 14.6. The molecule has 3 aromatic rings. The summed E-state index contributed by atoms with van der Waals surface area (Å²) in [6.07, 6.45) is -1.08. The van der Waals surface area contributed by atoms with Gasteiger partial charge < -0.3 is 23.7 Å². The topological polar surface area (TPSA) is 95.2 Å². The van der Waals surface area contributed by atoms with Crippen LogP contribution in [0.2, 0.25) is 0 Å². The summed E-state index contributed by atoms with van der Waals surface area (Å²) in [6, 6.07) is 11.6. The summed E-state index contributed by atoms with van der Waals surface area (Å²) >= 11 is 0. The molecule has 0 radical (unpaired) electrons. The first-order valence-corrected chi connectivity index (χ1v) is 8.22. The van der Waals surface area contributed by atoms with E-state index in [-0.39, 0.29) is 22.8 Å². The SMILES string of the molecule is COC(=O)[C@@H]1Oc2c(c(=O)oc3ccccc23)[C@H]1c1ccc(OC)c(O)c1. The van der Waals surface area contributed by atoms with Crippen LogP contribution in [0.25, 0.3) is 11.0 Å². The zero-order valence-corrected chi connectivity index (χ0v) is 14.6. The quantitative estimate of drug-likeness (QED) is 0.561. The van der Waals surface area contributed by atoms with Crippen LogP contribution in [0.4, 0.5) is 0 Å². The number of esters is 1. The normalized spacial score (nSPS) is 18.0. The average Bonchev–Trinajstić information content (AvgIpc) is 3.09. The van der Waals surface area contributed by atoms with Crippen LogP contribution in [0.1, 0.15) is 17.0 Å². The molecule has 1 N–H and O–H groups in total. The van der Waals surface area contributed by atoms with Gasteiger partial charge in [-0.3, -0.25) is 0 Å². The van der Waals surface area contributed by atoms with Gasteiger partial charge in [0.05, 0.1) is 31.1 Å². The van der Waals surface area contributed by atoms with Crippen molar-refractivity contribution in [3.63, 3.8) is 0 Å². The molecule has 7 heteroatoms. The number of methoxy groups -OCH3 is 2. The summed E-state index contributed by atoms with van der Waals surface area (Å²) in [5, 5.41) is 10.7. The lowest BCUT2D eigenvalue weighted by atomic mass is 9.88. The molecule has 0 unspecified atom stereocenters. The third-order valence-corrected chi connectivity index (χ3v) is 4.65. The Morgan fingerprint density at radius 3 is 2.63 bits per heavy atom. The first kappa shape index (κ1) is 17.0. The molecule has 0 fully saturated rings. The molecule has 2 atom stereocenters. The highest BCUT2D eigenvalue weighted by atomic mass is 16.6. The third-order valence-electron chi connectivity index (χ3n) is 4.65. The highest BCUT2D eigenvalue weighted by Gasteiger charge is 2.45. The molecule has 1 aromatic heterocycles. The lowest BCUT2D eigenvalue weighted by molar-refractivity contribution is -0.148. The predicted molar refractivity (Wildman–Crippen MR) is 95.4 cm³/mol. The van der Waals surface area contributed by atoms with Crippen LogP contribution in [-0.2, 0) is 9.53 Å². The molecule has 2 aromatic carbocycles. The molecule has 0 saturated carbocycles. The van der Waals surface area contributed by atoms with Gasteiger partial charge in [-0.15, -0.1) is 0 Å². The van der Waals surface area contributed by atoms with Gasteiger partial charge in [0.25, 0.3) is 0 Å². The van der Waals surface area contributed by atoms with E-state index >= 15 is 0 Å². The van der Waals surface area contributed by atoms with Gasteiger partial charge in [0.1, 0.15) is 11.3 Å². The molecule has 27 heavy (non-hydrogen) atoms. The van der Waals surface area contributed by atoms with E-state index in [0.29, 0.717) is 16.5 Å². The molecule has 0 aliphatic carbocycles. The Balaban J connectivity index is 1.97. The van der Waals surface area contributed by atoms with Gasteiger partial charge in [-0.25, -0.2) is 9.59 Å². The maximum Gasteiger partial charge on any atom is 0.348 e. The van der Waals surface area contributed by atoms with Crippen molar-refractivity contribution in [3.05, 3.63) is 64.0 Å². The molecule has 2 heterocycles. The minimum atomic E-state index is -1.08. The summed E-state index contributed by atoms with van der Waals surface area (Å²) in [5.74, 6) is -0.965. The molecule has 0 amide bonds. The van der Waals surface area contributed by atoms with Gasteiger partial charge in [-0.05, 0) is 29.8 Å². The van der Waals surface area contributed by atoms with E-state index in [1.807, 2.05) is 0 Å². The average molecular weight is 368 g/mol. The number of hydrogen-bond acceptors (Lipinski definition) is 7. The predicted octanol–water partition coefficient (Wildman–Crippen LogP) is 2.57. The van der Waals surface area contributed by atoms with Gasteiger partial charge in [0.2, 0.25) is 6.10 Å². The number of para-hydroxylation sites is 1. The first-order chi connectivity index (χ1) is 13.0. The first-order valence-electron chi connectivity index (χ1n) is 8.22. The molecule has 1 aliphatic heterocycles. The second-order valence-corrected chi connectivity index (χ2v) is 6.10. The lowest BCUT2D eigenvalue weighted by Gasteiger charge is -2.17. The number of carbonyl (C=O) groups excluding carboxylic acids is 1. The number of fused-ring (bicyclic) bond motifs is 3. The van der Waals surface area contributed by atoms with Crippen molar-refractivity contribution in [2.24, 2.45) is 0 Å². The number of rotatable bonds is 3. The van der Waals surface area contributed by atoms with Crippen molar-refractivity contribution in [2.45, 2.75) is 12.0 Å². The van der Waals surface area contributed by atoms with Crippen molar-refractivity contribution < 1.29 is 28.5 Å². The number of aromatic hydroxyl groups is 1. The second-order valence-electron chi connectivity index (χ2n) is 6.10. The van der Waals surface area contributed by atoms with E-state index in [2.05, 4.69) is 0 Å². The molecular weight excluding hydrogens is 352 g/mol. The molecule has 0 saturated heterocycles. The number of ether oxygens (including phenoxy) is 3. The standard InChI is InChI=1S/C20H16O7/c1-24-14-8-7-10(9-12(14)21)15-16-17(27-18(15)20(23)25-2)11-5-3-4-6-13(11)26-19(16)22/h3-9,15,18,21H,1-2H3/t15-,18-/m1/s1. The molecule has 1 aliphatic rings. The van der Waals surface area contributed by atoms with Crippen LogP contribution in [-0.4, -0.2) is 31.4 Å². The van der Waals surface area contributed by atoms with E-state index in [1.54, 1.807) is 36.4 Å². The number of phenolic OH excluding ortho intramolecular Hbond substituents is 1. The number of benzene rings is 2. The number of carbonyl (C=O) groups is 1. The number of phenols is 1. The maximum atomic E-state index is 12.7. The summed E-state index contributed by atoms with van der Waals surface area (Å²) < 4.78 is 21.2. The highest BCUT2D eigenvalue weighted by Crippen LogP contribution is 2.45. The summed E-state index contributed by atoms with van der Waals surface area (Å²) in [7, 11) is 2.68. The molecule has 138 valence electrons. The van der Waals surface area contributed by atoms with Crippen LogP contribution in [0, 0.1) is 0 Å². The molecule has 4 rings (SSSR count). The van der Waals surface area contributed by atoms with Gasteiger partial charge >= 0.3 is 11.6 Å². The fourth-order valence-corrected chi connectivity index (χ4v) is 3.42. The van der Waals surface area contributed by atoms with E-state index < -0.39 is 23.6 Å². The Labute approximate surface area is 153 Å².